The summed E-state index contributed by atoms with van der Waals surface area (Å²) in [4.78, 5) is 14.0. The van der Waals surface area contributed by atoms with Crippen LogP contribution in [0.15, 0.2) is 48.6 Å². The van der Waals surface area contributed by atoms with Crippen LogP contribution in [-0.4, -0.2) is 35.4 Å². The minimum Gasteiger partial charge on any atom is -0.487 e. The Balaban J connectivity index is 1.59. The molecule has 0 amide bonds. The number of fused-ring (bicyclic) bond motifs is 2. The van der Waals surface area contributed by atoms with Gasteiger partial charge in [0.2, 0.25) is 0 Å². The number of benzene rings is 2. The van der Waals surface area contributed by atoms with E-state index in [0.717, 1.165) is 74.3 Å². The van der Waals surface area contributed by atoms with Gasteiger partial charge in [-0.1, -0.05) is 43.2 Å². The number of unbranched alkanes of at least 4 members (excludes halogenated alkanes) is 1. The molecular weight excluding hydrogens is 462 g/mol. The molecule has 0 bridgehead atoms. The van der Waals surface area contributed by atoms with Crippen LogP contribution in [0.4, 0.5) is 5.69 Å². The highest BCUT2D eigenvalue weighted by Crippen LogP contribution is 2.40. The summed E-state index contributed by atoms with van der Waals surface area (Å²) >= 11 is 6.26. The molecule has 0 unspecified atom stereocenters. The summed E-state index contributed by atoms with van der Waals surface area (Å²) in [6.07, 6.45) is 10.7. The maximum Gasteiger partial charge on any atom is 0.335 e. The predicted molar refractivity (Wildman–Crippen MR) is 141 cm³/mol. The van der Waals surface area contributed by atoms with Crippen molar-refractivity contribution in [1.82, 2.24) is 0 Å². The zero-order valence-electron chi connectivity index (χ0n) is 20.5. The van der Waals surface area contributed by atoms with Crippen LogP contribution < -0.4 is 9.64 Å². The lowest BCUT2D eigenvalue weighted by molar-refractivity contribution is 0.0461. The summed E-state index contributed by atoms with van der Waals surface area (Å²) in [7, 11) is 0. The third-order valence-electron chi connectivity index (χ3n) is 7.38. The number of aromatic carboxylic acids is 1. The summed E-state index contributed by atoms with van der Waals surface area (Å²) in [5.41, 5.74) is 3.39. The van der Waals surface area contributed by atoms with Crippen LogP contribution in [0.2, 0.25) is 5.02 Å². The van der Waals surface area contributed by atoms with Crippen LogP contribution in [0.3, 0.4) is 0 Å². The highest BCUT2D eigenvalue weighted by atomic mass is 35.5. The zero-order chi connectivity index (χ0) is 24.8. The highest BCUT2D eigenvalue weighted by molar-refractivity contribution is 6.30. The SMILES string of the molecule is CCC/C=C/[C@H](O)[C@@H]1CC[C@H]1CN1CCCCc2cc(Cl)ccc2COc2ccc(C(=O)O)cc21. The van der Waals surface area contributed by atoms with Crippen molar-refractivity contribution in [3.8, 4) is 5.75 Å². The fourth-order valence-electron chi connectivity index (χ4n) is 5.17. The monoisotopic (exact) mass is 497 g/mol. The van der Waals surface area contributed by atoms with E-state index in [1.54, 1.807) is 18.2 Å². The Morgan fingerprint density at radius 2 is 2.06 bits per heavy atom. The molecule has 2 N–H and O–H groups in total. The largest absolute Gasteiger partial charge is 0.487 e. The first kappa shape index (κ1) is 25.6. The highest BCUT2D eigenvalue weighted by Gasteiger charge is 2.36. The van der Waals surface area contributed by atoms with Crippen LogP contribution in [0.25, 0.3) is 0 Å². The summed E-state index contributed by atoms with van der Waals surface area (Å²) in [5, 5.41) is 21.1. The van der Waals surface area contributed by atoms with Crippen molar-refractivity contribution in [3.05, 3.63) is 70.3 Å². The first-order valence-electron chi connectivity index (χ1n) is 12.8. The maximum atomic E-state index is 11.8. The third-order valence-corrected chi connectivity index (χ3v) is 7.62. The van der Waals surface area contributed by atoms with Crippen molar-refractivity contribution in [2.45, 2.75) is 64.6 Å². The summed E-state index contributed by atoms with van der Waals surface area (Å²) in [5.74, 6) is 0.343. The molecule has 35 heavy (non-hydrogen) atoms. The lowest BCUT2D eigenvalue weighted by Crippen LogP contribution is -2.43. The fraction of sp³-hybridized carbons (Fsp3) is 0.483. The van der Waals surface area contributed by atoms with E-state index in [4.69, 9.17) is 16.3 Å². The molecule has 1 aliphatic carbocycles. The van der Waals surface area contributed by atoms with Gasteiger partial charge in [-0.25, -0.2) is 4.79 Å². The second-order valence-electron chi connectivity index (χ2n) is 9.80. The number of aryl methyl sites for hydroxylation is 1. The molecular formula is C29H36ClNO4. The van der Waals surface area contributed by atoms with Crippen LogP contribution in [0.1, 0.15) is 66.9 Å². The van der Waals surface area contributed by atoms with E-state index in [1.165, 1.54) is 5.56 Å². The van der Waals surface area contributed by atoms with Gasteiger partial charge in [0.15, 0.2) is 0 Å². The van der Waals surface area contributed by atoms with Crippen LogP contribution in [0, 0.1) is 11.8 Å². The maximum absolute atomic E-state index is 11.8. The Morgan fingerprint density at radius 1 is 1.20 bits per heavy atom. The third kappa shape index (κ3) is 6.39. The number of carboxylic acids is 1. The number of nitrogens with zero attached hydrogens (tertiary/aromatic N) is 1. The summed E-state index contributed by atoms with van der Waals surface area (Å²) in [6.45, 7) is 4.13. The number of hydrogen-bond donors (Lipinski definition) is 2. The fourth-order valence-corrected chi connectivity index (χ4v) is 5.37. The Morgan fingerprint density at radius 3 is 2.80 bits per heavy atom. The molecule has 0 aromatic heterocycles. The first-order valence-corrected chi connectivity index (χ1v) is 13.2. The number of aliphatic hydroxyl groups is 1. The van der Waals surface area contributed by atoms with Crippen molar-refractivity contribution in [3.63, 3.8) is 0 Å². The van der Waals surface area contributed by atoms with Crippen LogP contribution >= 0.6 is 11.6 Å². The van der Waals surface area contributed by atoms with Gasteiger partial charge >= 0.3 is 5.97 Å². The normalized spacial score (nSPS) is 21.3. The minimum absolute atomic E-state index is 0.236. The first-order chi connectivity index (χ1) is 17.0. The Kier molecular flexibility index (Phi) is 8.74. The molecule has 2 aromatic rings. The van der Waals surface area contributed by atoms with Gasteiger partial charge in [-0.15, -0.1) is 0 Å². The lowest BCUT2D eigenvalue weighted by atomic mass is 9.70. The molecule has 1 heterocycles. The average Bonchev–Trinajstić information content (AvgIpc) is 2.85. The van der Waals surface area contributed by atoms with Gasteiger partial charge in [-0.2, -0.15) is 0 Å². The van der Waals surface area contributed by atoms with Crippen molar-refractivity contribution in [2.24, 2.45) is 11.8 Å². The van der Waals surface area contributed by atoms with E-state index in [-0.39, 0.29) is 11.5 Å². The minimum atomic E-state index is -0.944. The standard InChI is InChI=1S/C29H36ClNO4/c1-2-3-4-8-27(32)25-13-10-22(25)18-31-15-6-5-7-20-16-24(30)12-9-23(20)19-35-28-14-11-21(29(33)34)17-26(28)31/h4,8-9,11-12,14,16-17,22,25,27,32H,2-3,5-7,10,13,15,18-19H2,1H3,(H,33,34)/b8-4+/t22-,25+,27-/m0/s1. The topological polar surface area (TPSA) is 70.0 Å². The quantitative estimate of drug-likeness (QED) is 0.427. The molecule has 4 rings (SSSR count). The number of rotatable bonds is 7. The zero-order valence-corrected chi connectivity index (χ0v) is 21.2. The number of halogens is 1. The molecule has 0 spiro atoms. The number of hydrogen-bond acceptors (Lipinski definition) is 4. The Hall–Kier alpha value is -2.50. The molecule has 6 heteroatoms. The van der Waals surface area contributed by atoms with Crippen molar-refractivity contribution < 1.29 is 19.7 Å². The molecule has 0 saturated heterocycles. The van der Waals surface area contributed by atoms with Gasteiger partial charge in [0.25, 0.3) is 0 Å². The van der Waals surface area contributed by atoms with Gasteiger partial charge < -0.3 is 19.8 Å². The van der Waals surface area contributed by atoms with E-state index >= 15 is 0 Å². The Labute approximate surface area is 213 Å². The molecule has 1 saturated carbocycles. The predicted octanol–water partition coefficient (Wildman–Crippen LogP) is 6.50. The van der Waals surface area contributed by atoms with E-state index in [2.05, 4.69) is 17.9 Å². The van der Waals surface area contributed by atoms with Crippen LogP contribution in [-0.2, 0) is 13.0 Å². The molecule has 2 aliphatic rings. The molecule has 1 aliphatic heterocycles. The van der Waals surface area contributed by atoms with Crippen molar-refractivity contribution >= 4 is 23.3 Å². The van der Waals surface area contributed by atoms with Crippen molar-refractivity contribution in [2.75, 3.05) is 18.0 Å². The summed E-state index contributed by atoms with van der Waals surface area (Å²) < 4.78 is 6.29. The summed E-state index contributed by atoms with van der Waals surface area (Å²) in [6, 6.07) is 11.1. The number of aliphatic hydroxyl groups excluding tert-OH is 1. The van der Waals surface area contributed by atoms with E-state index in [9.17, 15) is 15.0 Å². The molecule has 2 aromatic carbocycles. The molecule has 188 valence electrons. The number of carboxylic acid groups (broad SMARTS) is 1. The molecule has 3 atom stereocenters. The van der Waals surface area contributed by atoms with E-state index < -0.39 is 12.1 Å². The molecule has 0 radical (unpaired) electrons. The molecule has 1 fully saturated rings. The number of ether oxygens (including phenoxy) is 1. The van der Waals surface area contributed by atoms with Gasteiger partial charge in [0.1, 0.15) is 12.4 Å². The van der Waals surface area contributed by atoms with Gasteiger partial charge in [-0.05, 0) is 91.8 Å². The second kappa shape index (κ2) is 12.0. The lowest BCUT2D eigenvalue weighted by Gasteiger charge is -2.42. The van der Waals surface area contributed by atoms with Crippen molar-refractivity contribution in [1.29, 1.82) is 0 Å². The smallest absolute Gasteiger partial charge is 0.335 e. The van der Waals surface area contributed by atoms with E-state index in [1.807, 2.05) is 24.3 Å². The Bertz CT molecular complexity index is 1050. The number of anilines is 1. The number of allylic oxidation sites excluding steroid dienone is 1. The van der Waals surface area contributed by atoms with Gasteiger partial charge in [0.05, 0.1) is 17.4 Å². The average molecular weight is 498 g/mol. The second-order valence-corrected chi connectivity index (χ2v) is 10.2. The number of carbonyl (C=O) groups is 1. The van der Waals surface area contributed by atoms with Gasteiger partial charge in [0, 0.05) is 18.1 Å². The molecule has 5 nitrogen and oxygen atoms in total. The van der Waals surface area contributed by atoms with Gasteiger partial charge in [-0.3, -0.25) is 0 Å². The van der Waals surface area contributed by atoms with E-state index in [0.29, 0.717) is 18.3 Å². The van der Waals surface area contributed by atoms with Crippen LogP contribution in [0.5, 0.6) is 5.75 Å².